The van der Waals surface area contributed by atoms with Crippen molar-refractivity contribution in [1.82, 2.24) is 9.55 Å². The molecule has 0 bridgehead atoms. The second-order valence-corrected chi connectivity index (χ2v) is 4.55. The molecule has 0 amide bonds. The van der Waals surface area contributed by atoms with Gasteiger partial charge in [0, 0.05) is 5.69 Å². The first-order valence-corrected chi connectivity index (χ1v) is 6.25. The fourth-order valence-electron chi connectivity index (χ4n) is 2.60. The lowest BCUT2D eigenvalue weighted by Gasteiger charge is -2.20. The topological polar surface area (TPSA) is 38.1 Å². The molecule has 0 saturated heterocycles. The maximum atomic E-state index is 9.26. The zero-order valence-corrected chi connectivity index (χ0v) is 10.4. The smallest absolute Gasteiger partial charge is 0.0998 e. The van der Waals surface area contributed by atoms with Crippen LogP contribution >= 0.6 is 0 Å². The van der Waals surface area contributed by atoms with Crippen LogP contribution in [0.4, 0.5) is 0 Å². The highest BCUT2D eigenvalue weighted by molar-refractivity contribution is 5.56. The lowest BCUT2D eigenvalue weighted by Crippen LogP contribution is -2.12. The molecule has 1 N–H and O–H groups in total. The number of nitrogens with zero attached hydrogens (tertiary/aromatic N) is 2. The number of fused-ring (bicyclic) bond motifs is 3. The molecule has 3 heteroatoms. The van der Waals surface area contributed by atoms with Crippen molar-refractivity contribution in [3.05, 3.63) is 53.1 Å². The minimum Gasteiger partial charge on any atom is -0.390 e. The van der Waals surface area contributed by atoms with E-state index in [-0.39, 0.29) is 6.61 Å². The van der Waals surface area contributed by atoms with Gasteiger partial charge < -0.3 is 9.67 Å². The van der Waals surface area contributed by atoms with E-state index in [0.29, 0.717) is 0 Å². The van der Waals surface area contributed by atoms with E-state index in [1.54, 1.807) is 0 Å². The molecule has 0 fully saturated rings. The van der Waals surface area contributed by atoms with Gasteiger partial charge in [-0.3, -0.25) is 0 Å². The standard InChI is InChI=1S/C15H16N2O/c1-2-3-11-4-6-14-12(8-11)5-7-15-13(9-18)16-10-17(14)15/h2-4,6,8,10,18H,5,7,9H2,1H3/b3-2+. The van der Waals surface area contributed by atoms with Gasteiger partial charge >= 0.3 is 0 Å². The van der Waals surface area contributed by atoms with E-state index in [1.807, 2.05) is 13.3 Å². The van der Waals surface area contributed by atoms with Gasteiger partial charge in [-0.25, -0.2) is 4.98 Å². The Labute approximate surface area is 106 Å². The van der Waals surface area contributed by atoms with E-state index in [4.69, 9.17) is 0 Å². The Morgan fingerprint density at radius 3 is 3.06 bits per heavy atom. The zero-order valence-electron chi connectivity index (χ0n) is 10.4. The quantitative estimate of drug-likeness (QED) is 0.875. The van der Waals surface area contributed by atoms with Crippen LogP contribution in [0.2, 0.25) is 0 Å². The predicted octanol–water partition coefficient (Wildman–Crippen LogP) is 2.50. The van der Waals surface area contributed by atoms with E-state index >= 15 is 0 Å². The minimum absolute atomic E-state index is 0.0221. The number of hydrogen-bond donors (Lipinski definition) is 1. The average molecular weight is 240 g/mol. The van der Waals surface area contributed by atoms with Gasteiger partial charge in [0.2, 0.25) is 0 Å². The van der Waals surface area contributed by atoms with Crippen LogP contribution in [0.5, 0.6) is 0 Å². The molecule has 92 valence electrons. The van der Waals surface area contributed by atoms with Gasteiger partial charge in [0.05, 0.1) is 24.3 Å². The molecule has 0 aliphatic carbocycles. The lowest BCUT2D eigenvalue weighted by atomic mass is 9.98. The maximum Gasteiger partial charge on any atom is 0.0998 e. The number of aromatic nitrogens is 2. The van der Waals surface area contributed by atoms with Crippen molar-refractivity contribution in [2.75, 3.05) is 0 Å². The third kappa shape index (κ3) is 1.68. The monoisotopic (exact) mass is 240 g/mol. The summed E-state index contributed by atoms with van der Waals surface area (Å²) in [7, 11) is 0. The highest BCUT2D eigenvalue weighted by Gasteiger charge is 2.19. The van der Waals surface area contributed by atoms with Crippen LogP contribution in [0.3, 0.4) is 0 Å². The third-order valence-corrected chi connectivity index (χ3v) is 3.46. The SMILES string of the molecule is C/C=C/c1ccc2c(c1)CCc1c(CO)ncn1-2. The molecule has 1 aromatic heterocycles. The van der Waals surface area contributed by atoms with Gasteiger partial charge in [-0.1, -0.05) is 18.2 Å². The highest BCUT2D eigenvalue weighted by Crippen LogP contribution is 2.27. The van der Waals surface area contributed by atoms with E-state index in [1.165, 1.54) is 16.8 Å². The largest absolute Gasteiger partial charge is 0.390 e. The molecule has 2 heterocycles. The molecule has 0 atom stereocenters. The minimum atomic E-state index is 0.0221. The zero-order chi connectivity index (χ0) is 12.5. The Morgan fingerprint density at radius 1 is 1.39 bits per heavy atom. The van der Waals surface area contributed by atoms with Crippen LogP contribution in [-0.2, 0) is 19.4 Å². The van der Waals surface area contributed by atoms with E-state index in [0.717, 1.165) is 24.2 Å². The second kappa shape index (κ2) is 4.42. The number of rotatable bonds is 2. The van der Waals surface area contributed by atoms with Crippen LogP contribution in [0.15, 0.2) is 30.6 Å². The molecule has 0 spiro atoms. The summed E-state index contributed by atoms with van der Waals surface area (Å²) in [5.41, 5.74) is 5.72. The number of benzene rings is 1. The molecular formula is C15H16N2O. The van der Waals surface area contributed by atoms with Crippen LogP contribution in [-0.4, -0.2) is 14.7 Å². The van der Waals surface area contributed by atoms with E-state index in [9.17, 15) is 5.11 Å². The third-order valence-electron chi connectivity index (χ3n) is 3.46. The first-order chi connectivity index (χ1) is 8.83. The summed E-state index contributed by atoms with van der Waals surface area (Å²) in [6.45, 7) is 2.05. The van der Waals surface area contributed by atoms with Crippen molar-refractivity contribution >= 4 is 6.08 Å². The van der Waals surface area contributed by atoms with Gasteiger partial charge in [0.1, 0.15) is 0 Å². The Balaban J connectivity index is 2.11. The summed E-state index contributed by atoms with van der Waals surface area (Å²) in [6.07, 6.45) is 7.94. The Morgan fingerprint density at radius 2 is 2.28 bits per heavy atom. The second-order valence-electron chi connectivity index (χ2n) is 4.55. The number of aliphatic hydroxyl groups is 1. The first-order valence-electron chi connectivity index (χ1n) is 6.25. The fourth-order valence-corrected chi connectivity index (χ4v) is 2.60. The summed E-state index contributed by atoms with van der Waals surface area (Å²) in [5, 5.41) is 9.26. The molecule has 3 rings (SSSR count). The molecule has 2 aromatic rings. The summed E-state index contributed by atoms with van der Waals surface area (Å²) in [4.78, 5) is 4.27. The molecule has 1 aliphatic rings. The summed E-state index contributed by atoms with van der Waals surface area (Å²) in [5.74, 6) is 0. The molecule has 0 saturated carbocycles. The van der Waals surface area contributed by atoms with Crippen LogP contribution < -0.4 is 0 Å². The Kier molecular flexibility index (Phi) is 2.76. The number of hydrogen-bond acceptors (Lipinski definition) is 2. The van der Waals surface area contributed by atoms with Crippen LogP contribution in [0, 0.1) is 0 Å². The van der Waals surface area contributed by atoms with Crippen molar-refractivity contribution in [2.45, 2.75) is 26.4 Å². The molecule has 18 heavy (non-hydrogen) atoms. The molecule has 1 aromatic carbocycles. The van der Waals surface area contributed by atoms with Gasteiger partial charge in [0.15, 0.2) is 0 Å². The van der Waals surface area contributed by atoms with Gasteiger partial charge in [-0.15, -0.1) is 0 Å². The average Bonchev–Trinajstić information content (AvgIpc) is 2.82. The lowest BCUT2D eigenvalue weighted by molar-refractivity contribution is 0.276. The molecule has 0 radical (unpaired) electrons. The maximum absolute atomic E-state index is 9.26. The van der Waals surface area contributed by atoms with Crippen molar-refractivity contribution in [3.8, 4) is 5.69 Å². The molecular weight excluding hydrogens is 224 g/mol. The number of aliphatic hydroxyl groups excluding tert-OH is 1. The van der Waals surface area contributed by atoms with Crippen molar-refractivity contribution in [2.24, 2.45) is 0 Å². The summed E-state index contributed by atoms with van der Waals surface area (Å²) < 4.78 is 2.10. The van der Waals surface area contributed by atoms with Gasteiger partial charge in [0.25, 0.3) is 0 Å². The van der Waals surface area contributed by atoms with Gasteiger partial charge in [-0.05, 0) is 43.0 Å². The van der Waals surface area contributed by atoms with Crippen molar-refractivity contribution < 1.29 is 5.11 Å². The predicted molar refractivity (Wildman–Crippen MR) is 71.6 cm³/mol. The van der Waals surface area contributed by atoms with Gasteiger partial charge in [-0.2, -0.15) is 0 Å². The number of allylic oxidation sites excluding steroid dienone is 1. The number of imidazole rings is 1. The number of aryl methyl sites for hydroxylation is 1. The molecule has 3 nitrogen and oxygen atoms in total. The van der Waals surface area contributed by atoms with Crippen LogP contribution in [0.1, 0.15) is 29.4 Å². The van der Waals surface area contributed by atoms with E-state index < -0.39 is 0 Å². The Bertz CT molecular complexity index is 611. The molecule has 0 unspecified atom stereocenters. The fraction of sp³-hybridized carbons (Fsp3) is 0.267. The van der Waals surface area contributed by atoms with Crippen molar-refractivity contribution in [3.63, 3.8) is 0 Å². The summed E-state index contributed by atoms with van der Waals surface area (Å²) in [6, 6.07) is 6.49. The highest BCUT2D eigenvalue weighted by atomic mass is 16.3. The summed E-state index contributed by atoms with van der Waals surface area (Å²) >= 11 is 0. The van der Waals surface area contributed by atoms with E-state index in [2.05, 4.69) is 39.9 Å². The Hall–Kier alpha value is -1.87. The normalized spacial score (nSPS) is 13.7. The van der Waals surface area contributed by atoms with Crippen molar-refractivity contribution in [1.29, 1.82) is 0 Å². The van der Waals surface area contributed by atoms with Crippen LogP contribution in [0.25, 0.3) is 11.8 Å². The molecule has 1 aliphatic heterocycles. The first kappa shape index (κ1) is 11.2.